The van der Waals surface area contributed by atoms with Crippen LogP contribution in [0.3, 0.4) is 0 Å². The number of rotatable bonds is 2. The van der Waals surface area contributed by atoms with Gasteiger partial charge in [0, 0.05) is 83.5 Å². The first kappa shape index (κ1) is 27.9. The molecule has 1 saturated carbocycles. The monoisotopic (exact) mass is 900 g/mol. The van der Waals surface area contributed by atoms with E-state index in [1.54, 1.807) is 4.90 Å². The Bertz CT molecular complexity index is 4360. The standard InChI is InChI=1S/C60H61BN2O4/c1-55(2)25-27-57(5,6)52-48(55)38-32-42-40(33-46(38)66-52)61-50-43(62(42)34-21-22-45-37(29-34)36-17-11-14-20-44(36)64-45)30-35(63-41-19-13-12-18-39(41)59(9)23-15-16-24-60(59,63)10)31-47(50)65-51-49-53(67-54(51)61)58(7,8)28-26-56(49,3)4/h11-14,17-22,29-33H,15-16,23-28H2,1-10H3/i11D,12D,13D,14D,17D,18D,19D,20D,21D,22D,29D,30D,31D,32D,33D. The molecule has 8 aromatic rings. The van der Waals surface area contributed by atoms with Crippen LogP contribution in [-0.2, 0) is 27.1 Å². The van der Waals surface area contributed by atoms with Gasteiger partial charge >= 0.3 is 6.71 Å². The van der Waals surface area contributed by atoms with E-state index in [0.717, 1.165) is 31.2 Å². The molecule has 2 atom stereocenters. The molecule has 7 heteroatoms. The molecule has 0 spiro atoms. The largest absolute Gasteiger partial charge is 0.470 e. The number of benzene rings is 5. The first-order chi connectivity index (χ1) is 38.2. The van der Waals surface area contributed by atoms with E-state index in [0.29, 0.717) is 59.5 Å². The number of nitrogens with zero attached hydrogens (tertiary/aromatic N) is 2. The fraction of sp³-hybridized carbons (Fsp3) is 0.400. The van der Waals surface area contributed by atoms with Crippen LogP contribution in [0.15, 0.2) is 104 Å². The van der Waals surface area contributed by atoms with Crippen LogP contribution < -0.4 is 31.1 Å². The molecule has 3 aromatic heterocycles. The van der Waals surface area contributed by atoms with Gasteiger partial charge < -0.3 is 27.8 Å². The zero-order valence-corrected chi connectivity index (χ0v) is 39.8. The summed E-state index contributed by atoms with van der Waals surface area (Å²) in [5.41, 5.74) is -3.08. The van der Waals surface area contributed by atoms with Crippen LogP contribution in [0.1, 0.15) is 169 Å². The number of para-hydroxylation sites is 2. The molecule has 3 aliphatic carbocycles. The second kappa shape index (κ2) is 12.6. The van der Waals surface area contributed by atoms with E-state index in [-0.39, 0.29) is 109 Å². The van der Waals surface area contributed by atoms with E-state index in [1.807, 2.05) is 13.8 Å². The molecule has 3 aliphatic heterocycles. The molecule has 6 nitrogen and oxygen atoms in total. The minimum Gasteiger partial charge on any atom is -0.470 e. The molecule has 338 valence electrons. The van der Waals surface area contributed by atoms with Crippen molar-refractivity contribution >= 4 is 84.6 Å². The Labute approximate surface area is 415 Å². The zero-order valence-electron chi connectivity index (χ0n) is 54.8. The molecule has 6 heterocycles. The first-order valence-corrected chi connectivity index (χ1v) is 24.0. The fourth-order valence-electron chi connectivity index (χ4n) is 13.2. The molecule has 6 aliphatic rings. The number of hydrogen-bond donors (Lipinski definition) is 0. The van der Waals surface area contributed by atoms with Gasteiger partial charge in [-0.25, -0.2) is 0 Å². The molecule has 0 saturated heterocycles. The Kier molecular flexibility index (Phi) is 5.25. The van der Waals surface area contributed by atoms with Crippen LogP contribution in [-0.4, -0.2) is 12.3 Å². The second-order valence-corrected chi connectivity index (χ2v) is 23.2. The van der Waals surface area contributed by atoms with Gasteiger partial charge in [0.25, 0.3) is 0 Å². The van der Waals surface area contributed by atoms with Crippen LogP contribution in [0, 0.1) is 0 Å². The number of furan rings is 3. The molecule has 5 aromatic carbocycles. The summed E-state index contributed by atoms with van der Waals surface area (Å²) in [5, 5.41) is -0.128. The molecule has 0 amide bonds. The average molecular weight is 900 g/mol. The lowest BCUT2D eigenvalue weighted by atomic mass is 9.36. The van der Waals surface area contributed by atoms with Crippen molar-refractivity contribution in [2.24, 2.45) is 0 Å². The summed E-state index contributed by atoms with van der Waals surface area (Å²) in [6, 6.07) is -6.64. The average Bonchev–Trinajstić information content (AvgIpc) is 1.32. The third-order valence-corrected chi connectivity index (χ3v) is 17.4. The Balaban J connectivity index is 1.22. The van der Waals surface area contributed by atoms with E-state index in [2.05, 4.69) is 55.4 Å². The summed E-state index contributed by atoms with van der Waals surface area (Å²) in [6.45, 7) is 19.4. The van der Waals surface area contributed by atoms with Crippen molar-refractivity contribution in [3.63, 3.8) is 0 Å². The maximum absolute atomic E-state index is 11.1. The van der Waals surface area contributed by atoms with Gasteiger partial charge in [0.05, 0.1) is 26.1 Å². The first-order valence-electron chi connectivity index (χ1n) is 31.5. The van der Waals surface area contributed by atoms with Gasteiger partial charge in [-0.1, -0.05) is 111 Å². The van der Waals surface area contributed by atoms with Gasteiger partial charge in [0.15, 0.2) is 5.75 Å². The lowest BCUT2D eigenvalue weighted by Crippen LogP contribution is -2.59. The molecular weight excluding hydrogens is 823 g/mol. The summed E-state index contributed by atoms with van der Waals surface area (Å²) in [4.78, 5) is 3.12. The van der Waals surface area contributed by atoms with Crippen LogP contribution >= 0.6 is 0 Å². The summed E-state index contributed by atoms with van der Waals surface area (Å²) in [6.07, 6.45) is 5.29. The summed E-state index contributed by atoms with van der Waals surface area (Å²) in [7, 11) is 0. The molecule has 2 unspecified atom stereocenters. The molecule has 1 fully saturated rings. The van der Waals surface area contributed by atoms with Crippen LogP contribution in [0.25, 0.3) is 32.9 Å². The molecule has 0 bridgehead atoms. The van der Waals surface area contributed by atoms with E-state index >= 15 is 0 Å². The second-order valence-electron chi connectivity index (χ2n) is 23.2. The van der Waals surface area contributed by atoms with E-state index in [1.165, 1.54) is 4.90 Å². The lowest BCUT2D eigenvalue weighted by molar-refractivity contribution is 0.195. The SMILES string of the molecule is [2H]c1c([2H])c([2H])c2c(c1[2H])N(c1c([2H])c3c4c(c1[2H])N(c1c([2H])c([2H])c5oc6c([2H])c([2H])c([2H])c([2H])c6c5c1[2H])c1c(c([2H])c5oc6c(c5c1[2H])C(C)(C)CCC6(C)C)B4c1oc4c(c1O3)C(C)(C)CCC4(C)C)C1(C)CCCCC21C. The zero-order chi connectivity index (χ0) is 59.0. The number of hydrogen-bond acceptors (Lipinski definition) is 6. The normalized spacial score (nSPS) is 27.6. The summed E-state index contributed by atoms with van der Waals surface area (Å²) in [5.74, 6) is 1.48. The smallest absolute Gasteiger partial charge is 0.301 e. The van der Waals surface area contributed by atoms with Gasteiger partial charge in [-0.2, -0.15) is 0 Å². The van der Waals surface area contributed by atoms with Crippen molar-refractivity contribution in [1.82, 2.24) is 0 Å². The molecule has 0 radical (unpaired) electrons. The predicted molar refractivity (Wildman–Crippen MR) is 275 cm³/mol. The van der Waals surface area contributed by atoms with Crippen LogP contribution in [0.4, 0.5) is 28.4 Å². The third kappa shape index (κ3) is 5.03. The van der Waals surface area contributed by atoms with Crippen molar-refractivity contribution in [2.45, 2.75) is 153 Å². The van der Waals surface area contributed by atoms with Crippen LogP contribution in [0.2, 0.25) is 0 Å². The summed E-state index contributed by atoms with van der Waals surface area (Å²) < 4.78 is 174. The third-order valence-electron chi connectivity index (χ3n) is 17.4. The van der Waals surface area contributed by atoms with E-state index in [9.17, 15) is 13.7 Å². The Hall–Kier alpha value is -5.82. The van der Waals surface area contributed by atoms with Crippen molar-refractivity contribution in [3.8, 4) is 11.5 Å². The minimum absolute atomic E-state index is 0.0467. The van der Waals surface area contributed by atoms with E-state index < -0.39 is 99.8 Å². The minimum atomic E-state index is -1.22. The number of fused-ring (bicyclic) bond motifs is 15. The number of ether oxygens (including phenoxy) is 1. The quantitative estimate of drug-likeness (QED) is 0.161. The van der Waals surface area contributed by atoms with Crippen molar-refractivity contribution in [2.75, 3.05) is 9.80 Å². The molecule has 67 heavy (non-hydrogen) atoms. The predicted octanol–water partition coefficient (Wildman–Crippen LogP) is 14.8. The van der Waals surface area contributed by atoms with Gasteiger partial charge in [0.2, 0.25) is 0 Å². The highest BCUT2D eigenvalue weighted by atomic mass is 16.5. The van der Waals surface area contributed by atoms with Gasteiger partial charge in [0.1, 0.15) is 39.7 Å². The summed E-state index contributed by atoms with van der Waals surface area (Å²) >= 11 is 0. The fourth-order valence-corrected chi connectivity index (χ4v) is 13.2. The topological polar surface area (TPSA) is 55.1 Å². The molecule has 0 N–H and O–H groups in total. The van der Waals surface area contributed by atoms with Gasteiger partial charge in [-0.15, -0.1) is 0 Å². The highest BCUT2D eigenvalue weighted by Crippen LogP contribution is 2.62. The van der Waals surface area contributed by atoms with Crippen molar-refractivity contribution in [3.05, 3.63) is 119 Å². The Morgan fingerprint density at radius 3 is 2.03 bits per heavy atom. The Morgan fingerprint density at radius 1 is 0.537 bits per heavy atom. The molecular formula is C60H61BN2O4. The lowest BCUT2D eigenvalue weighted by Gasteiger charge is -2.50. The Morgan fingerprint density at radius 2 is 1.22 bits per heavy atom. The highest BCUT2D eigenvalue weighted by Gasteiger charge is 2.59. The molecule has 14 rings (SSSR count). The van der Waals surface area contributed by atoms with Crippen molar-refractivity contribution in [1.29, 1.82) is 0 Å². The van der Waals surface area contributed by atoms with E-state index in [4.69, 9.17) is 24.8 Å². The highest BCUT2D eigenvalue weighted by molar-refractivity contribution is 6.98. The van der Waals surface area contributed by atoms with Gasteiger partial charge in [-0.05, 0) is 116 Å². The maximum atomic E-state index is 11.1. The van der Waals surface area contributed by atoms with Crippen molar-refractivity contribution < 1.29 is 38.5 Å². The maximum Gasteiger partial charge on any atom is 0.301 e. The van der Waals surface area contributed by atoms with Gasteiger partial charge in [-0.3, -0.25) is 0 Å². The van der Waals surface area contributed by atoms with Crippen LogP contribution in [0.5, 0.6) is 11.5 Å². The number of anilines is 5.